The first-order valence-corrected chi connectivity index (χ1v) is 7.28. The van der Waals surface area contributed by atoms with Gasteiger partial charge in [-0.2, -0.15) is 0 Å². The van der Waals surface area contributed by atoms with Crippen LogP contribution in [0.4, 0.5) is 0 Å². The SMILES string of the molecule is COC(=O)C(NC(=O)/C(C)=C(/C)C(=O)O)c1ccc(OC)c(OC)c1. The molecule has 25 heavy (non-hydrogen) atoms. The Morgan fingerprint density at radius 3 is 2.08 bits per heavy atom. The Balaban J connectivity index is 3.23. The van der Waals surface area contributed by atoms with E-state index in [0.29, 0.717) is 17.1 Å². The van der Waals surface area contributed by atoms with Gasteiger partial charge in [0.05, 0.1) is 21.3 Å². The van der Waals surface area contributed by atoms with Gasteiger partial charge in [0.1, 0.15) is 0 Å². The number of methoxy groups -OCH3 is 3. The second-order valence-corrected chi connectivity index (χ2v) is 5.10. The highest BCUT2D eigenvalue weighted by Gasteiger charge is 2.26. The van der Waals surface area contributed by atoms with E-state index in [0.717, 1.165) is 0 Å². The Morgan fingerprint density at radius 1 is 1.00 bits per heavy atom. The van der Waals surface area contributed by atoms with E-state index >= 15 is 0 Å². The largest absolute Gasteiger partial charge is 0.493 e. The lowest BCUT2D eigenvalue weighted by molar-refractivity contribution is -0.144. The molecule has 0 heterocycles. The Hall–Kier alpha value is -3.03. The van der Waals surface area contributed by atoms with Crippen molar-refractivity contribution in [3.63, 3.8) is 0 Å². The fourth-order valence-corrected chi connectivity index (χ4v) is 2.00. The zero-order valence-electron chi connectivity index (χ0n) is 14.7. The van der Waals surface area contributed by atoms with E-state index in [4.69, 9.17) is 19.3 Å². The van der Waals surface area contributed by atoms with Gasteiger partial charge in [-0.1, -0.05) is 6.07 Å². The standard InChI is InChI=1S/C17H21NO7/c1-9(10(2)16(20)21)15(19)18-14(17(22)25-5)11-6-7-12(23-3)13(8-11)24-4/h6-8,14H,1-5H3,(H,18,19)(H,20,21)/b10-9-. The van der Waals surface area contributed by atoms with Crippen LogP contribution in [0.3, 0.4) is 0 Å². The number of ether oxygens (including phenoxy) is 3. The van der Waals surface area contributed by atoms with Gasteiger partial charge in [0.2, 0.25) is 5.91 Å². The molecule has 0 aromatic heterocycles. The van der Waals surface area contributed by atoms with Crippen LogP contribution in [0.5, 0.6) is 11.5 Å². The van der Waals surface area contributed by atoms with Gasteiger partial charge in [0.15, 0.2) is 17.5 Å². The molecular weight excluding hydrogens is 330 g/mol. The van der Waals surface area contributed by atoms with Gasteiger partial charge in [0.25, 0.3) is 0 Å². The zero-order valence-corrected chi connectivity index (χ0v) is 14.7. The third-order valence-electron chi connectivity index (χ3n) is 3.68. The van der Waals surface area contributed by atoms with Crippen LogP contribution in [-0.4, -0.2) is 44.3 Å². The van der Waals surface area contributed by atoms with E-state index < -0.39 is 23.9 Å². The van der Waals surface area contributed by atoms with Crippen LogP contribution in [0.1, 0.15) is 25.5 Å². The molecule has 0 aliphatic heterocycles. The Bertz CT molecular complexity index is 709. The number of hydrogen-bond donors (Lipinski definition) is 2. The average Bonchev–Trinajstić information content (AvgIpc) is 2.63. The summed E-state index contributed by atoms with van der Waals surface area (Å²) in [6.45, 7) is 2.67. The first-order valence-electron chi connectivity index (χ1n) is 7.28. The normalized spacial score (nSPS) is 12.5. The van der Waals surface area contributed by atoms with E-state index in [1.165, 1.54) is 41.2 Å². The second kappa shape index (κ2) is 8.72. The maximum absolute atomic E-state index is 12.3. The number of nitrogens with one attached hydrogen (secondary N) is 1. The lowest BCUT2D eigenvalue weighted by Crippen LogP contribution is -2.35. The van der Waals surface area contributed by atoms with Crippen LogP contribution in [-0.2, 0) is 19.1 Å². The van der Waals surface area contributed by atoms with Gasteiger partial charge in [-0.05, 0) is 31.5 Å². The first kappa shape index (κ1) is 20.0. The number of carboxylic acid groups (broad SMARTS) is 1. The van der Waals surface area contributed by atoms with Crippen LogP contribution < -0.4 is 14.8 Å². The molecule has 8 heteroatoms. The summed E-state index contributed by atoms with van der Waals surface area (Å²) in [4.78, 5) is 35.3. The second-order valence-electron chi connectivity index (χ2n) is 5.10. The fraction of sp³-hybridized carbons (Fsp3) is 0.353. The Morgan fingerprint density at radius 2 is 1.60 bits per heavy atom. The number of rotatable bonds is 7. The minimum atomic E-state index is -1.21. The molecule has 136 valence electrons. The topological polar surface area (TPSA) is 111 Å². The number of carbonyl (C=O) groups is 3. The van der Waals surface area contributed by atoms with Crippen molar-refractivity contribution in [1.82, 2.24) is 5.32 Å². The Labute approximate surface area is 145 Å². The summed E-state index contributed by atoms with van der Waals surface area (Å²) in [5.74, 6) is -1.78. The quantitative estimate of drug-likeness (QED) is 0.565. The summed E-state index contributed by atoms with van der Waals surface area (Å²) in [7, 11) is 4.10. The maximum Gasteiger partial charge on any atom is 0.333 e. The molecule has 1 rings (SSSR count). The molecular formula is C17H21NO7. The molecule has 0 radical (unpaired) electrons. The van der Waals surface area contributed by atoms with Crippen LogP contribution in [0, 0.1) is 0 Å². The van der Waals surface area contributed by atoms with Gasteiger partial charge >= 0.3 is 11.9 Å². The van der Waals surface area contributed by atoms with E-state index in [1.807, 2.05) is 0 Å². The molecule has 1 aromatic carbocycles. The summed E-state index contributed by atoms with van der Waals surface area (Å²) < 4.78 is 15.0. The van der Waals surface area contributed by atoms with Gasteiger partial charge in [-0.25, -0.2) is 9.59 Å². The average molecular weight is 351 g/mol. The molecule has 2 N–H and O–H groups in total. The molecule has 0 spiro atoms. The molecule has 0 fully saturated rings. The van der Waals surface area contributed by atoms with Crippen molar-refractivity contribution < 1.29 is 33.7 Å². The third-order valence-corrected chi connectivity index (χ3v) is 3.68. The number of hydrogen-bond acceptors (Lipinski definition) is 6. The summed E-state index contributed by atoms with van der Waals surface area (Å²) in [5, 5.41) is 11.5. The highest BCUT2D eigenvalue weighted by atomic mass is 16.5. The van der Waals surface area contributed by atoms with Crippen molar-refractivity contribution in [3.8, 4) is 11.5 Å². The van der Waals surface area contributed by atoms with Crippen LogP contribution in [0.25, 0.3) is 0 Å². The van der Waals surface area contributed by atoms with Gasteiger partial charge < -0.3 is 24.6 Å². The Kier molecular flexibility index (Phi) is 6.98. The highest BCUT2D eigenvalue weighted by Crippen LogP contribution is 2.30. The lowest BCUT2D eigenvalue weighted by atomic mass is 10.0. The number of benzene rings is 1. The minimum Gasteiger partial charge on any atom is -0.493 e. The van der Waals surface area contributed by atoms with E-state index in [1.54, 1.807) is 12.1 Å². The smallest absolute Gasteiger partial charge is 0.333 e. The number of amides is 1. The predicted molar refractivity (Wildman–Crippen MR) is 88.5 cm³/mol. The molecule has 1 atom stereocenters. The maximum atomic E-state index is 12.3. The van der Waals surface area contributed by atoms with Crippen molar-refractivity contribution in [1.29, 1.82) is 0 Å². The summed E-state index contributed by atoms with van der Waals surface area (Å²) in [5.41, 5.74) is 0.272. The minimum absolute atomic E-state index is 0.0121. The van der Waals surface area contributed by atoms with Gasteiger partial charge in [0, 0.05) is 11.1 Å². The highest BCUT2D eigenvalue weighted by molar-refractivity contribution is 6.02. The van der Waals surface area contributed by atoms with E-state index in [-0.39, 0.29) is 11.1 Å². The molecule has 8 nitrogen and oxygen atoms in total. The monoisotopic (exact) mass is 351 g/mol. The fourth-order valence-electron chi connectivity index (χ4n) is 2.00. The molecule has 0 saturated heterocycles. The van der Waals surface area contributed by atoms with E-state index in [2.05, 4.69) is 5.32 Å². The molecule has 0 aliphatic carbocycles. The molecule has 1 amide bonds. The summed E-state index contributed by atoms with van der Waals surface area (Å²) >= 11 is 0. The van der Waals surface area contributed by atoms with Crippen LogP contribution >= 0.6 is 0 Å². The molecule has 0 bridgehead atoms. The lowest BCUT2D eigenvalue weighted by Gasteiger charge is -2.19. The molecule has 1 unspecified atom stereocenters. The van der Waals surface area contributed by atoms with E-state index in [9.17, 15) is 14.4 Å². The van der Waals surface area contributed by atoms with Crippen molar-refractivity contribution in [2.24, 2.45) is 0 Å². The summed E-state index contributed by atoms with van der Waals surface area (Å²) in [6, 6.07) is 3.56. The van der Waals surface area contributed by atoms with Crippen molar-refractivity contribution >= 4 is 17.8 Å². The number of carboxylic acids is 1. The molecule has 0 saturated carbocycles. The van der Waals surface area contributed by atoms with Crippen molar-refractivity contribution in [2.45, 2.75) is 19.9 Å². The van der Waals surface area contributed by atoms with Crippen LogP contribution in [0.15, 0.2) is 29.3 Å². The number of esters is 1. The molecule has 1 aromatic rings. The zero-order chi connectivity index (χ0) is 19.1. The summed E-state index contributed by atoms with van der Waals surface area (Å²) in [6.07, 6.45) is 0. The molecule has 0 aliphatic rings. The predicted octanol–water partition coefficient (Wildman–Crippen LogP) is 1.46. The number of aliphatic carboxylic acids is 1. The third kappa shape index (κ3) is 4.72. The van der Waals surface area contributed by atoms with Gasteiger partial charge in [-0.15, -0.1) is 0 Å². The van der Waals surface area contributed by atoms with Gasteiger partial charge in [-0.3, -0.25) is 4.79 Å². The number of carbonyl (C=O) groups excluding carboxylic acids is 2. The van der Waals surface area contributed by atoms with Crippen LogP contribution in [0.2, 0.25) is 0 Å². The van der Waals surface area contributed by atoms with Crippen molar-refractivity contribution in [3.05, 3.63) is 34.9 Å². The van der Waals surface area contributed by atoms with Crippen molar-refractivity contribution in [2.75, 3.05) is 21.3 Å². The first-order chi connectivity index (χ1) is 11.8.